The SMILES string of the molecule is CCOP(=S)(OCC)Sc1ccc(SCC(F)(F)F)cc1. The Morgan fingerprint density at radius 3 is 1.95 bits per heavy atom. The molecular formula is C12H16F3O2PS3. The van der Waals surface area contributed by atoms with Gasteiger partial charge in [-0.3, -0.25) is 0 Å². The van der Waals surface area contributed by atoms with Gasteiger partial charge in [0.2, 0.25) is 0 Å². The first-order valence-corrected chi connectivity index (χ1v) is 11.2. The minimum absolute atomic E-state index is 0.462. The van der Waals surface area contributed by atoms with Crippen LogP contribution in [-0.2, 0) is 20.9 Å². The summed E-state index contributed by atoms with van der Waals surface area (Å²) in [6.07, 6.45) is -4.16. The van der Waals surface area contributed by atoms with Gasteiger partial charge in [0, 0.05) is 9.79 Å². The predicted molar refractivity (Wildman–Crippen MR) is 86.6 cm³/mol. The molecular weight excluding hydrogens is 360 g/mol. The largest absolute Gasteiger partial charge is 0.398 e. The molecule has 0 aromatic heterocycles. The maximum atomic E-state index is 12.1. The second kappa shape index (κ2) is 8.79. The van der Waals surface area contributed by atoms with Gasteiger partial charge in [-0.05, 0) is 61.3 Å². The highest BCUT2D eigenvalue weighted by Gasteiger charge is 2.27. The second-order valence-corrected chi connectivity index (χ2v) is 11.0. The third-order valence-electron chi connectivity index (χ3n) is 2.02. The van der Waals surface area contributed by atoms with Gasteiger partial charge in [-0.2, -0.15) is 13.2 Å². The normalized spacial score (nSPS) is 12.6. The molecule has 0 aliphatic heterocycles. The summed E-state index contributed by atoms with van der Waals surface area (Å²) in [5, 5.41) is 0. The van der Waals surface area contributed by atoms with Crippen molar-refractivity contribution in [2.45, 2.75) is 29.8 Å². The van der Waals surface area contributed by atoms with Crippen LogP contribution in [0.5, 0.6) is 0 Å². The fourth-order valence-corrected chi connectivity index (χ4v) is 6.78. The summed E-state index contributed by atoms with van der Waals surface area (Å²) in [5.41, 5.74) is -2.44. The van der Waals surface area contributed by atoms with E-state index in [9.17, 15) is 13.2 Å². The molecule has 0 saturated carbocycles. The Hall–Kier alpha value is 0.280. The lowest BCUT2D eigenvalue weighted by Crippen LogP contribution is -2.10. The number of hydrogen-bond donors (Lipinski definition) is 0. The average molecular weight is 376 g/mol. The van der Waals surface area contributed by atoms with Crippen LogP contribution in [0.4, 0.5) is 13.2 Å². The number of thioether (sulfide) groups is 1. The van der Waals surface area contributed by atoms with Crippen LogP contribution in [0, 0.1) is 0 Å². The lowest BCUT2D eigenvalue weighted by Gasteiger charge is -2.19. The topological polar surface area (TPSA) is 18.5 Å². The standard InChI is InChI=1S/C12H16F3O2PS3/c1-3-16-18(19,17-4-2)21-11-7-5-10(6-8-11)20-9-12(13,14)15/h5-8H,3-4,9H2,1-2H3. The monoisotopic (exact) mass is 376 g/mol. The lowest BCUT2D eigenvalue weighted by atomic mass is 10.4. The summed E-state index contributed by atoms with van der Waals surface area (Å²) in [5.74, 6) is -0.893. The van der Waals surface area contributed by atoms with E-state index in [2.05, 4.69) is 0 Å². The molecule has 0 N–H and O–H groups in total. The lowest BCUT2D eigenvalue weighted by molar-refractivity contribution is -0.105. The van der Waals surface area contributed by atoms with Gasteiger partial charge in [0.15, 0.2) is 0 Å². The minimum Gasteiger partial charge on any atom is -0.322 e. The van der Waals surface area contributed by atoms with Crippen LogP contribution < -0.4 is 0 Å². The fourth-order valence-electron chi connectivity index (χ4n) is 1.30. The minimum atomic E-state index is -4.16. The van der Waals surface area contributed by atoms with Crippen LogP contribution >= 0.6 is 28.8 Å². The maximum absolute atomic E-state index is 12.1. The Kier molecular flexibility index (Phi) is 8.09. The van der Waals surface area contributed by atoms with E-state index in [1.807, 2.05) is 13.8 Å². The molecule has 1 aromatic rings. The first-order chi connectivity index (χ1) is 9.78. The summed E-state index contributed by atoms with van der Waals surface area (Å²) >= 11 is 7.47. The Morgan fingerprint density at radius 2 is 1.52 bits per heavy atom. The van der Waals surface area contributed by atoms with Gasteiger partial charge in [0.25, 0.3) is 5.69 Å². The molecule has 0 unspecified atom stereocenters. The van der Waals surface area contributed by atoms with E-state index < -0.39 is 17.6 Å². The van der Waals surface area contributed by atoms with E-state index in [1.165, 1.54) is 11.4 Å². The molecule has 0 spiro atoms. The third-order valence-corrected chi connectivity index (χ3v) is 8.19. The smallest absolute Gasteiger partial charge is 0.322 e. The molecule has 0 amide bonds. The summed E-state index contributed by atoms with van der Waals surface area (Å²) in [7, 11) is 0. The molecule has 1 aromatic carbocycles. The molecule has 120 valence electrons. The van der Waals surface area contributed by atoms with Crippen molar-refractivity contribution in [2.75, 3.05) is 19.0 Å². The molecule has 0 bridgehead atoms. The van der Waals surface area contributed by atoms with Gasteiger partial charge in [-0.25, -0.2) is 0 Å². The van der Waals surface area contributed by atoms with Crippen molar-refractivity contribution in [3.05, 3.63) is 24.3 Å². The molecule has 0 heterocycles. The molecule has 1 rings (SSSR count). The van der Waals surface area contributed by atoms with E-state index in [4.69, 9.17) is 20.9 Å². The quantitative estimate of drug-likeness (QED) is 0.425. The Bertz CT molecular complexity index is 470. The number of halogens is 3. The van der Waals surface area contributed by atoms with E-state index in [0.29, 0.717) is 18.1 Å². The third kappa shape index (κ3) is 7.90. The fraction of sp³-hybridized carbons (Fsp3) is 0.500. The van der Waals surface area contributed by atoms with Crippen LogP contribution in [0.25, 0.3) is 0 Å². The Labute approximate surface area is 136 Å². The zero-order chi connectivity index (χ0) is 15.9. The van der Waals surface area contributed by atoms with Crippen LogP contribution in [0.15, 0.2) is 34.1 Å². The van der Waals surface area contributed by atoms with Crippen LogP contribution in [-0.4, -0.2) is 25.1 Å². The Balaban J connectivity index is 2.67. The van der Waals surface area contributed by atoms with Crippen LogP contribution in [0.2, 0.25) is 0 Å². The van der Waals surface area contributed by atoms with Crippen molar-refractivity contribution in [3.8, 4) is 0 Å². The second-order valence-electron chi connectivity index (χ2n) is 3.75. The number of benzene rings is 1. The summed E-state index contributed by atoms with van der Waals surface area (Å²) in [6.45, 7) is 4.61. The van der Waals surface area contributed by atoms with E-state index >= 15 is 0 Å². The highest BCUT2D eigenvalue weighted by Crippen LogP contribution is 2.63. The van der Waals surface area contributed by atoms with Crippen molar-refractivity contribution in [3.63, 3.8) is 0 Å². The molecule has 0 fully saturated rings. The van der Waals surface area contributed by atoms with Crippen molar-refractivity contribution in [2.24, 2.45) is 0 Å². The number of rotatable bonds is 8. The number of hydrogen-bond acceptors (Lipinski definition) is 5. The van der Waals surface area contributed by atoms with Crippen LogP contribution in [0.1, 0.15) is 13.8 Å². The molecule has 0 aliphatic rings. The summed E-state index contributed by atoms with van der Waals surface area (Å²) in [4.78, 5) is 1.40. The molecule has 9 heteroatoms. The van der Waals surface area contributed by atoms with Crippen LogP contribution in [0.3, 0.4) is 0 Å². The van der Waals surface area contributed by atoms with Crippen molar-refractivity contribution < 1.29 is 22.2 Å². The van der Waals surface area contributed by atoms with Crippen molar-refractivity contribution in [1.82, 2.24) is 0 Å². The molecule has 0 saturated heterocycles. The maximum Gasteiger partial charge on any atom is 0.398 e. The molecule has 21 heavy (non-hydrogen) atoms. The molecule has 0 aliphatic carbocycles. The van der Waals surface area contributed by atoms with Gasteiger partial charge >= 0.3 is 6.18 Å². The summed E-state index contributed by atoms with van der Waals surface area (Å²) in [6, 6.07) is 6.78. The Morgan fingerprint density at radius 1 is 1.05 bits per heavy atom. The van der Waals surface area contributed by atoms with Gasteiger partial charge in [0.05, 0.1) is 19.0 Å². The zero-order valence-corrected chi connectivity index (χ0v) is 14.9. The highest BCUT2D eigenvalue weighted by atomic mass is 32.9. The predicted octanol–water partition coefficient (Wildman–Crippen LogP) is 5.73. The van der Waals surface area contributed by atoms with Crippen molar-refractivity contribution in [1.29, 1.82) is 0 Å². The van der Waals surface area contributed by atoms with Crippen molar-refractivity contribution >= 4 is 40.6 Å². The first kappa shape index (κ1) is 19.3. The van der Waals surface area contributed by atoms with Gasteiger partial charge in [0.1, 0.15) is 0 Å². The number of alkyl halides is 3. The van der Waals surface area contributed by atoms with E-state index in [1.54, 1.807) is 24.3 Å². The molecule has 0 atom stereocenters. The first-order valence-electron chi connectivity index (χ1n) is 6.16. The molecule has 2 nitrogen and oxygen atoms in total. The van der Waals surface area contributed by atoms with Gasteiger partial charge in [-0.1, -0.05) is 0 Å². The highest BCUT2D eigenvalue weighted by molar-refractivity contribution is 8.67. The van der Waals surface area contributed by atoms with Gasteiger partial charge < -0.3 is 9.05 Å². The zero-order valence-electron chi connectivity index (χ0n) is 11.6. The van der Waals surface area contributed by atoms with E-state index in [-0.39, 0.29) is 0 Å². The molecule has 0 radical (unpaired) electrons. The average Bonchev–Trinajstić information content (AvgIpc) is 2.37. The summed E-state index contributed by atoms with van der Waals surface area (Å²) < 4.78 is 47.5. The van der Waals surface area contributed by atoms with Gasteiger partial charge in [-0.15, -0.1) is 11.8 Å². The van der Waals surface area contributed by atoms with E-state index in [0.717, 1.165) is 16.7 Å².